The van der Waals surface area contributed by atoms with Crippen molar-refractivity contribution in [3.8, 4) is 12.3 Å². The lowest BCUT2D eigenvalue weighted by Crippen LogP contribution is -1.99. The molecule has 3 nitrogen and oxygen atoms in total. The molecule has 0 spiro atoms. The molecular weight excluding hydrogens is 210 g/mol. The highest BCUT2D eigenvalue weighted by Gasteiger charge is 2.13. The molecule has 0 bridgehead atoms. The molecule has 0 aliphatic heterocycles. The van der Waals surface area contributed by atoms with Gasteiger partial charge in [0.1, 0.15) is 0 Å². The molecule has 0 saturated heterocycles. The van der Waals surface area contributed by atoms with Gasteiger partial charge in [-0.1, -0.05) is 17.5 Å². The van der Waals surface area contributed by atoms with Gasteiger partial charge < -0.3 is 4.57 Å². The van der Waals surface area contributed by atoms with Crippen LogP contribution >= 0.6 is 11.6 Å². The highest BCUT2D eigenvalue weighted by Crippen LogP contribution is 2.28. The fourth-order valence-electron chi connectivity index (χ4n) is 1.74. The molecule has 15 heavy (non-hydrogen) atoms. The van der Waals surface area contributed by atoms with Crippen LogP contribution in [0.3, 0.4) is 0 Å². The monoisotopic (exact) mass is 219 g/mol. The second-order valence-corrected chi connectivity index (χ2v) is 3.76. The molecule has 0 aliphatic carbocycles. The van der Waals surface area contributed by atoms with Crippen LogP contribution < -0.4 is 0 Å². The summed E-state index contributed by atoms with van der Waals surface area (Å²) in [6, 6.07) is 0. The first kappa shape index (κ1) is 10.0. The summed E-state index contributed by atoms with van der Waals surface area (Å²) in [5.74, 6) is 2.61. The number of terminal acetylenes is 1. The van der Waals surface area contributed by atoms with Gasteiger partial charge >= 0.3 is 0 Å². The van der Waals surface area contributed by atoms with Crippen LogP contribution in [0.25, 0.3) is 10.9 Å². The van der Waals surface area contributed by atoms with Crippen molar-refractivity contribution in [1.82, 2.24) is 14.8 Å². The van der Waals surface area contributed by atoms with Crippen molar-refractivity contribution in [2.24, 2.45) is 0 Å². The molecule has 0 saturated carbocycles. The van der Waals surface area contributed by atoms with E-state index in [-0.39, 0.29) is 0 Å². The molecule has 0 amide bonds. The minimum atomic E-state index is 0.402. The number of hydrogen-bond donors (Lipinski definition) is 0. The Morgan fingerprint density at radius 3 is 2.93 bits per heavy atom. The van der Waals surface area contributed by atoms with E-state index in [0.717, 1.165) is 22.2 Å². The molecule has 0 aromatic carbocycles. The number of aryl methyl sites for hydroxylation is 1. The first-order valence-corrected chi connectivity index (χ1v) is 4.94. The normalized spacial score (nSPS) is 10.5. The average molecular weight is 220 g/mol. The second-order valence-electron chi connectivity index (χ2n) is 3.40. The highest BCUT2D eigenvalue weighted by atomic mass is 35.5. The van der Waals surface area contributed by atoms with E-state index >= 15 is 0 Å². The van der Waals surface area contributed by atoms with Gasteiger partial charge in [0, 0.05) is 11.1 Å². The molecule has 0 fully saturated rings. The van der Waals surface area contributed by atoms with Gasteiger partial charge in [-0.25, -0.2) is 0 Å². The lowest BCUT2D eigenvalue weighted by Gasteiger charge is -2.03. The molecular formula is C11H10ClN3. The number of rotatable bonds is 1. The Bertz CT molecular complexity index is 563. The Morgan fingerprint density at radius 2 is 2.27 bits per heavy atom. The topological polar surface area (TPSA) is 30.7 Å². The van der Waals surface area contributed by atoms with Gasteiger partial charge in [-0.15, -0.1) is 11.5 Å². The van der Waals surface area contributed by atoms with Crippen LogP contribution in [0.15, 0.2) is 6.20 Å². The van der Waals surface area contributed by atoms with E-state index in [0.29, 0.717) is 11.7 Å². The predicted octanol–water partition coefficient (Wildman–Crippen LogP) is 2.33. The smallest absolute Gasteiger partial charge is 0.175 e. The summed E-state index contributed by atoms with van der Waals surface area (Å²) in [6.45, 7) is 4.55. The summed E-state index contributed by atoms with van der Waals surface area (Å²) >= 11 is 6.02. The Morgan fingerprint density at radius 1 is 1.53 bits per heavy atom. The zero-order valence-corrected chi connectivity index (χ0v) is 9.34. The minimum Gasteiger partial charge on any atom is -0.330 e. The molecule has 0 N–H and O–H groups in total. The lowest BCUT2D eigenvalue weighted by molar-refractivity contribution is 0.838. The van der Waals surface area contributed by atoms with Gasteiger partial charge in [-0.3, -0.25) is 0 Å². The fraction of sp³-hybridized carbons (Fsp3) is 0.273. The highest BCUT2D eigenvalue weighted by molar-refractivity contribution is 6.33. The standard InChI is InChI=1S/C11H10ClN3/c1-4-5-15-8(3)7(2)9-6-13-14-11(12)10(9)15/h1,6H,5H2,2-3H3. The largest absolute Gasteiger partial charge is 0.330 e. The van der Waals surface area contributed by atoms with Crippen molar-refractivity contribution < 1.29 is 0 Å². The Hall–Kier alpha value is -1.53. The molecule has 2 aromatic heterocycles. The number of aromatic nitrogens is 3. The van der Waals surface area contributed by atoms with Gasteiger partial charge in [-0.05, 0) is 19.4 Å². The molecule has 2 aromatic rings. The van der Waals surface area contributed by atoms with E-state index in [2.05, 4.69) is 16.1 Å². The Balaban J connectivity index is 2.90. The first-order chi connectivity index (χ1) is 7.16. The van der Waals surface area contributed by atoms with E-state index in [1.807, 2.05) is 18.4 Å². The number of hydrogen-bond acceptors (Lipinski definition) is 2. The van der Waals surface area contributed by atoms with Crippen molar-refractivity contribution in [2.75, 3.05) is 0 Å². The third-order valence-electron chi connectivity index (χ3n) is 2.65. The van der Waals surface area contributed by atoms with Gasteiger partial charge in [0.2, 0.25) is 0 Å². The summed E-state index contributed by atoms with van der Waals surface area (Å²) in [4.78, 5) is 0. The first-order valence-electron chi connectivity index (χ1n) is 4.57. The Kier molecular flexibility index (Phi) is 2.37. The SMILES string of the molecule is C#CCn1c(C)c(C)c2cnnc(Cl)c21. The van der Waals surface area contributed by atoms with Crippen molar-refractivity contribution in [2.45, 2.75) is 20.4 Å². The van der Waals surface area contributed by atoms with Crippen molar-refractivity contribution >= 4 is 22.5 Å². The van der Waals surface area contributed by atoms with Crippen LogP contribution in [0.4, 0.5) is 0 Å². The van der Waals surface area contributed by atoms with Crippen molar-refractivity contribution in [3.63, 3.8) is 0 Å². The number of halogens is 1. The minimum absolute atomic E-state index is 0.402. The summed E-state index contributed by atoms with van der Waals surface area (Å²) in [5.41, 5.74) is 3.14. The Labute approximate surface area is 93.1 Å². The van der Waals surface area contributed by atoms with Crippen LogP contribution in [-0.4, -0.2) is 14.8 Å². The van der Waals surface area contributed by atoms with Crippen LogP contribution in [0.5, 0.6) is 0 Å². The number of nitrogens with zero attached hydrogens (tertiary/aromatic N) is 3. The average Bonchev–Trinajstić information content (AvgIpc) is 2.46. The fourth-order valence-corrected chi connectivity index (χ4v) is 1.99. The van der Waals surface area contributed by atoms with Gasteiger partial charge in [-0.2, -0.15) is 5.10 Å². The molecule has 2 rings (SSSR count). The molecule has 0 aliphatic rings. The van der Waals surface area contributed by atoms with Crippen LogP contribution in [0.1, 0.15) is 11.3 Å². The predicted molar refractivity (Wildman–Crippen MR) is 60.8 cm³/mol. The molecule has 2 heterocycles. The molecule has 4 heteroatoms. The van der Waals surface area contributed by atoms with Crippen LogP contribution in [0.2, 0.25) is 5.15 Å². The van der Waals surface area contributed by atoms with Gasteiger partial charge in [0.25, 0.3) is 0 Å². The maximum absolute atomic E-state index is 6.02. The van der Waals surface area contributed by atoms with E-state index in [4.69, 9.17) is 18.0 Å². The van der Waals surface area contributed by atoms with E-state index in [9.17, 15) is 0 Å². The zero-order valence-electron chi connectivity index (χ0n) is 8.58. The lowest BCUT2D eigenvalue weighted by atomic mass is 10.2. The molecule has 0 radical (unpaired) electrons. The van der Waals surface area contributed by atoms with Crippen LogP contribution in [0, 0.1) is 26.2 Å². The number of fused-ring (bicyclic) bond motifs is 1. The van der Waals surface area contributed by atoms with E-state index < -0.39 is 0 Å². The summed E-state index contributed by atoms with van der Waals surface area (Å²) < 4.78 is 1.99. The molecule has 0 unspecified atom stereocenters. The molecule has 76 valence electrons. The van der Waals surface area contributed by atoms with E-state index in [1.165, 1.54) is 0 Å². The second kappa shape index (κ2) is 3.56. The zero-order chi connectivity index (χ0) is 11.0. The summed E-state index contributed by atoms with van der Waals surface area (Å²) in [7, 11) is 0. The van der Waals surface area contributed by atoms with Gasteiger partial charge in [0.05, 0.1) is 18.3 Å². The maximum Gasteiger partial charge on any atom is 0.175 e. The van der Waals surface area contributed by atoms with Crippen molar-refractivity contribution in [3.05, 3.63) is 22.6 Å². The summed E-state index contributed by atoms with van der Waals surface area (Å²) in [5, 5.41) is 9.09. The molecule has 0 atom stereocenters. The quantitative estimate of drug-likeness (QED) is 0.690. The maximum atomic E-state index is 6.02. The summed E-state index contributed by atoms with van der Waals surface area (Å²) in [6.07, 6.45) is 7.05. The van der Waals surface area contributed by atoms with Crippen LogP contribution in [-0.2, 0) is 6.54 Å². The van der Waals surface area contributed by atoms with E-state index in [1.54, 1.807) is 6.20 Å². The third-order valence-corrected chi connectivity index (χ3v) is 2.91. The van der Waals surface area contributed by atoms with Crippen molar-refractivity contribution in [1.29, 1.82) is 0 Å². The van der Waals surface area contributed by atoms with Gasteiger partial charge in [0.15, 0.2) is 5.15 Å². The third kappa shape index (κ3) is 1.38.